The van der Waals surface area contributed by atoms with Crippen LogP contribution in [0, 0.1) is 142 Å². The highest BCUT2D eigenvalue weighted by Gasteiger charge is 2.76. The molecule has 22 heteroatoms. The number of cyclic esters (lactones) is 2. The molecule has 0 aromatic rings. The number of carboxylic acid groups (broad SMARTS) is 2. The third-order valence-corrected chi connectivity index (χ3v) is 24.7. The number of aliphatic hydroxyl groups is 1. The van der Waals surface area contributed by atoms with Gasteiger partial charge in [-0.1, -0.05) is 13.8 Å². The molecule has 8 aliphatic carbocycles. The van der Waals surface area contributed by atoms with Crippen molar-refractivity contribution in [2.75, 3.05) is 39.5 Å². The number of aliphatic carboxylic acids is 2. The molecule has 26 unspecified atom stereocenters. The number of nitrogens with zero attached hydrogens (tertiary/aromatic N) is 2. The molecule has 3 N–H and O–H groups in total. The lowest BCUT2D eigenvalue weighted by molar-refractivity contribution is -0.176. The van der Waals surface area contributed by atoms with E-state index in [-0.39, 0.29) is 105 Å². The number of esters is 6. The molecule has 3 saturated heterocycles. The molecular formula is C70H102N2O20. The highest BCUT2D eigenvalue weighted by Crippen LogP contribution is 2.76. The molecular weight excluding hydrogens is 1190 g/mol. The van der Waals surface area contributed by atoms with Crippen LogP contribution in [0.25, 0.3) is 0 Å². The quantitative estimate of drug-likeness (QED) is 0.0655. The van der Waals surface area contributed by atoms with Crippen molar-refractivity contribution in [1.29, 1.82) is 0 Å². The van der Waals surface area contributed by atoms with Crippen molar-refractivity contribution < 1.29 is 96.4 Å². The van der Waals surface area contributed by atoms with Gasteiger partial charge < -0.3 is 58.3 Å². The summed E-state index contributed by atoms with van der Waals surface area (Å²) in [6, 6.07) is -0.661. The van der Waals surface area contributed by atoms with Crippen LogP contribution in [0.5, 0.6) is 0 Å². The van der Waals surface area contributed by atoms with E-state index in [0.29, 0.717) is 45.2 Å². The van der Waals surface area contributed by atoms with Gasteiger partial charge in [0.05, 0.1) is 67.2 Å². The van der Waals surface area contributed by atoms with Gasteiger partial charge in [0.25, 0.3) is 0 Å². The second kappa shape index (κ2) is 25.9. The van der Waals surface area contributed by atoms with Crippen molar-refractivity contribution in [3.8, 4) is 0 Å². The summed E-state index contributed by atoms with van der Waals surface area (Å²) in [6.07, 6.45) is 6.85. The van der Waals surface area contributed by atoms with Crippen molar-refractivity contribution in [2.45, 2.75) is 195 Å². The van der Waals surface area contributed by atoms with Gasteiger partial charge in [0.1, 0.15) is 23.4 Å². The Morgan fingerprint density at radius 3 is 1.35 bits per heavy atom. The van der Waals surface area contributed by atoms with Crippen LogP contribution in [0.1, 0.15) is 166 Å². The molecule has 0 aromatic heterocycles. The van der Waals surface area contributed by atoms with E-state index in [0.717, 1.165) is 32.1 Å². The molecule has 0 spiro atoms. The SMILES string of the molecule is CC1C(=O)OC(=O)C1C1C2CC(C(C(=O)OCCC3CCCCN3C(=O)OC(C)(C)C)C2C(=O)OCCC2CCCCN2C(=O)OC(C)(C)C)C1C1C2CC(C(C(=O)O)C2C(=O)O)C1C1C2CC(CC2C(=O)OCCO)C1C1C(C)C2CC(C(=O)OC(C)(C)C)C1C2. The van der Waals surface area contributed by atoms with E-state index in [4.69, 9.17) is 33.2 Å². The minimum absolute atomic E-state index is 0.0700. The smallest absolute Gasteiger partial charge is 0.410 e. The Morgan fingerprint density at radius 2 is 0.891 bits per heavy atom. The summed E-state index contributed by atoms with van der Waals surface area (Å²) in [7, 11) is 0. The number of carbonyl (C=O) groups excluding carboxylic acids is 8. The van der Waals surface area contributed by atoms with E-state index >= 15 is 9.59 Å². The zero-order valence-corrected chi connectivity index (χ0v) is 55.8. The number of piperidine rings is 2. The van der Waals surface area contributed by atoms with Gasteiger partial charge in [0, 0.05) is 38.0 Å². The maximum absolute atomic E-state index is 15.7. The van der Waals surface area contributed by atoms with E-state index in [1.54, 1.807) is 58.3 Å². The maximum Gasteiger partial charge on any atom is 0.410 e. The highest BCUT2D eigenvalue weighted by molar-refractivity contribution is 5.96. The number of rotatable bonds is 18. The molecule has 8 saturated carbocycles. The number of carboxylic acids is 2. The second-order valence-corrected chi connectivity index (χ2v) is 32.8. The molecule has 2 amide bonds. The van der Waals surface area contributed by atoms with Gasteiger partial charge in [-0.25, -0.2) is 9.59 Å². The molecule has 3 heterocycles. The van der Waals surface area contributed by atoms with Crippen molar-refractivity contribution in [1.82, 2.24) is 9.80 Å². The summed E-state index contributed by atoms with van der Waals surface area (Å²) in [6.45, 7) is 20.1. The molecule has 11 aliphatic rings. The Kier molecular flexibility index (Phi) is 19.1. The average Bonchev–Trinajstić information content (AvgIpc) is 1.51. The average molecular weight is 1290 g/mol. The van der Waals surface area contributed by atoms with Gasteiger partial charge in [-0.15, -0.1) is 0 Å². The van der Waals surface area contributed by atoms with Crippen LogP contribution >= 0.6 is 0 Å². The van der Waals surface area contributed by atoms with E-state index in [1.165, 1.54) is 0 Å². The summed E-state index contributed by atoms with van der Waals surface area (Å²) in [5.41, 5.74) is -2.26. The number of carbonyl (C=O) groups is 10. The third-order valence-electron chi connectivity index (χ3n) is 24.7. The fraction of sp³-hybridized carbons (Fsp3) is 0.857. The fourth-order valence-corrected chi connectivity index (χ4v) is 22.1. The Morgan fingerprint density at radius 1 is 0.467 bits per heavy atom. The number of hydrogen-bond acceptors (Lipinski definition) is 18. The second-order valence-electron chi connectivity index (χ2n) is 32.8. The van der Waals surface area contributed by atoms with Crippen LogP contribution in [0.2, 0.25) is 0 Å². The molecule has 11 fully saturated rings. The standard InChI is InChI=1S/C70H102N2O20/c1-32-34-26-38(41(27-34)62(80)90-68(3,4)5)46(32)48-35-28-39(40(29-35)61(79)88-25-22-73)49(48)51-42-30-43(55(59(76)77)54(42)58(74)75)52(51)53-45-31-44(50(53)47-33(2)60(78)89-65(47)83)56(63(81)86-23-18-36-16-12-14-20-71(36)66(84)91-69(6,7)8)57(45)64(82)87-24-19-37-17-13-15-21-72(37)67(85)92-70(9,10)11/h32-57,73H,12-31H2,1-11H3,(H,74,75)(H,76,77). The number of hydrogen-bond donors (Lipinski definition) is 3. The van der Waals surface area contributed by atoms with Gasteiger partial charge in [-0.2, -0.15) is 0 Å². The topological polar surface area (TPSA) is 302 Å². The highest BCUT2D eigenvalue weighted by atomic mass is 16.6. The van der Waals surface area contributed by atoms with Crippen LogP contribution in [0.4, 0.5) is 9.59 Å². The first-order chi connectivity index (χ1) is 43.3. The summed E-state index contributed by atoms with van der Waals surface area (Å²) in [5, 5.41) is 32.7. The lowest BCUT2D eigenvalue weighted by atomic mass is 9.49. The zero-order valence-electron chi connectivity index (χ0n) is 55.8. The van der Waals surface area contributed by atoms with Crippen LogP contribution in [-0.2, 0) is 71.5 Å². The molecule has 0 aromatic carbocycles. The Hall–Kier alpha value is -5.54. The van der Waals surface area contributed by atoms with Crippen LogP contribution in [-0.4, -0.2) is 153 Å². The number of ether oxygens (including phenoxy) is 7. The van der Waals surface area contributed by atoms with E-state index in [2.05, 4.69) is 6.92 Å². The van der Waals surface area contributed by atoms with Gasteiger partial charge in [0.15, 0.2) is 0 Å². The van der Waals surface area contributed by atoms with Crippen molar-refractivity contribution in [2.24, 2.45) is 142 Å². The Balaban J connectivity index is 1.00. The summed E-state index contributed by atoms with van der Waals surface area (Å²) in [5.74, 6) is -21.9. The first-order valence-electron chi connectivity index (χ1n) is 34.8. The lowest BCUT2D eigenvalue weighted by Gasteiger charge is -2.54. The fourth-order valence-electron chi connectivity index (χ4n) is 22.1. The predicted molar refractivity (Wildman–Crippen MR) is 325 cm³/mol. The molecule has 11 rings (SSSR count). The van der Waals surface area contributed by atoms with Crippen molar-refractivity contribution in [3.63, 3.8) is 0 Å². The molecule has 26 atom stereocenters. The van der Waals surface area contributed by atoms with E-state index in [1.807, 2.05) is 20.8 Å². The van der Waals surface area contributed by atoms with Gasteiger partial charge in [-0.05, 0) is 234 Å². The number of amides is 2. The van der Waals surface area contributed by atoms with Crippen molar-refractivity contribution in [3.05, 3.63) is 0 Å². The zero-order chi connectivity index (χ0) is 66.5. The largest absolute Gasteiger partial charge is 0.481 e. The molecule has 92 heavy (non-hydrogen) atoms. The Labute approximate surface area is 540 Å². The first-order valence-corrected chi connectivity index (χ1v) is 34.8. The van der Waals surface area contributed by atoms with Crippen molar-refractivity contribution >= 4 is 59.9 Å². The molecule has 512 valence electrons. The molecule has 22 nitrogen and oxygen atoms in total. The first kappa shape index (κ1) is 67.9. The van der Waals surface area contributed by atoms with Crippen LogP contribution in [0.3, 0.4) is 0 Å². The van der Waals surface area contributed by atoms with Gasteiger partial charge in [-0.3, -0.25) is 38.4 Å². The summed E-state index contributed by atoms with van der Waals surface area (Å²) in [4.78, 5) is 147. The predicted octanol–water partition coefficient (Wildman–Crippen LogP) is 8.84. The maximum atomic E-state index is 15.7. The lowest BCUT2D eigenvalue weighted by Crippen LogP contribution is -2.56. The molecule has 8 bridgehead atoms. The summed E-state index contributed by atoms with van der Waals surface area (Å²) < 4.78 is 41.6. The monoisotopic (exact) mass is 1290 g/mol. The van der Waals surface area contributed by atoms with Crippen LogP contribution < -0.4 is 0 Å². The number of fused-ring (bicyclic) bond motifs is 8. The molecule has 3 aliphatic heterocycles. The van der Waals surface area contributed by atoms with Gasteiger partial charge >= 0.3 is 59.9 Å². The number of aliphatic hydroxyl groups excluding tert-OH is 1. The van der Waals surface area contributed by atoms with E-state index in [9.17, 15) is 53.7 Å². The summed E-state index contributed by atoms with van der Waals surface area (Å²) >= 11 is 0. The third kappa shape index (κ3) is 12.7. The number of likely N-dealkylation sites (tertiary alicyclic amines) is 2. The van der Waals surface area contributed by atoms with E-state index < -0.39 is 178 Å². The minimum atomic E-state index is -1.40. The van der Waals surface area contributed by atoms with Gasteiger partial charge in [0.2, 0.25) is 0 Å². The normalized spacial score (nSPS) is 41.0. The molecule has 0 radical (unpaired) electrons. The van der Waals surface area contributed by atoms with Crippen LogP contribution in [0.15, 0.2) is 0 Å². The Bertz CT molecular complexity index is 2870. The minimum Gasteiger partial charge on any atom is -0.481 e.